The Bertz CT molecular complexity index is 1460. The van der Waals surface area contributed by atoms with Crippen molar-refractivity contribution in [3.05, 3.63) is 86.4 Å². The maximum atomic E-state index is 13.8. The summed E-state index contributed by atoms with van der Waals surface area (Å²) >= 11 is 6.16. The van der Waals surface area contributed by atoms with Gasteiger partial charge in [-0.2, -0.15) is 0 Å². The minimum Gasteiger partial charge on any atom is -0.471 e. The zero-order chi connectivity index (χ0) is 26.1. The molecule has 3 aromatic rings. The van der Waals surface area contributed by atoms with Gasteiger partial charge in [0.2, 0.25) is 11.8 Å². The van der Waals surface area contributed by atoms with E-state index < -0.39 is 41.0 Å². The van der Waals surface area contributed by atoms with Gasteiger partial charge in [-0.15, -0.1) is 0 Å². The molecule has 1 aliphatic heterocycles. The van der Waals surface area contributed by atoms with Crippen molar-refractivity contribution in [1.29, 1.82) is 0 Å². The summed E-state index contributed by atoms with van der Waals surface area (Å²) < 4.78 is 33.4. The summed E-state index contributed by atoms with van der Waals surface area (Å²) in [6, 6.07) is 6.53. The highest BCUT2D eigenvalue weighted by molar-refractivity contribution is 6.31. The van der Waals surface area contributed by atoms with Crippen molar-refractivity contribution in [3.8, 4) is 11.6 Å². The van der Waals surface area contributed by atoms with Crippen LogP contribution in [0.2, 0.25) is 5.02 Å². The fourth-order valence-corrected chi connectivity index (χ4v) is 3.79. The molecule has 1 atom stereocenters. The predicted molar refractivity (Wildman–Crippen MR) is 131 cm³/mol. The molecule has 194 valence electrons. The zero-order valence-electron chi connectivity index (χ0n) is 19.0. The van der Waals surface area contributed by atoms with Crippen molar-refractivity contribution in [2.45, 2.75) is 33.4 Å². The number of aromatic nitrogens is 2. The molecule has 9 nitrogen and oxygen atoms in total. The molecular formula is C25H23ClF2N4O5. The largest absolute Gasteiger partial charge is 0.471 e. The number of carbonyl (C=O) groups excluding carboxylic acids is 3. The summed E-state index contributed by atoms with van der Waals surface area (Å²) in [6.45, 7) is 1.36. The molecule has 0 unspecified atom stereocenters. The standard InChI is InChI=1S/C24H19ClF2N4O5.CH4/c1-12-3-4-13(21(33)29-17-9-19(32)30(2)23(17)34)7-18(12)31-11-28-22(20(25)24(31)35)36-10-14-5-6-15(26)8-16(14)27;/h3-8,11,17H,9-10H2,1-2H3,(H,29,33);1H4/t17-;/m0./s1. The third kappa shape index (κ3) is 5.51. The highest BCUT2D eigenvalue weighted by Gasteiger charge is 2.37. The average Bonchev–Trinajstić information content (AvgIpc) is 3.08. The predicted octanol–water partition coefficient (Wildman–Crippen LogP) is 3.17. The number of nitrogens with one attached hydrogen (secondary N) is 1. The number of halogens is 3. The Morgan fingerprint density at radius 1 is 1.19 bits per heavy atom. The first-order valence-corrected chi connectivity index (χ1v) is 11.0. The lowest BCUT2D eigenvalue weighted by molar-refractivity contribution is -0.137. The maximum absolute atomic E-state index is 13.8. The lowest BCUT2D eigenvalue weighted by Gasteiger charge is -2.14. The molecule has 3 amide bonds. The summed E-state index contributed by atoms with van der Waals surface area (Å²) in [5, 5.41) is 2.14. The minimum absolute atomic E-state index is 0. The van der Waals surface area contributed by atoms with Crippen LogP contribution >= 0.6 is 11.6 Å². The molecule has 4 rings (SSSR count). The number of imide groups is 1. The Labute approximate surface area is 215 Å². The van der Waals surface area contributed by atoms with Gasteiger partial charge in [0.15, 0.2) is 5.02 Å². The number of hydrogen-bond acceptors (Lipinski definition) is 6. The number of nitrogens with zero attached hydrogens (tertiary/aromatic N) is 3. The van der Waals surface area contributed by atoms with Crippen molar-refractivity contribution >= 4 is 29.3 Å². The number of aryl methyl sites for hydroxylation is 1. The van der Waals surface area contributed by atoms with E-state index in [1.807, 2.05) is 0 Å². The fourth-order valence-electron chi connectivity index (χ4n) is 3.59. The number of likely N-dealkylation sites (tertiary alicyclic amines) is 1. The molecule has 0 radical (unpaired) electrons. The van der Waals surface area contributed by atoms with Crippen LogP contribution in [0.4, 0.5) is 8.78 Å². The molecule has 2 heterocycles. The Morgan fingerprint density at radius 3 is 2.57 bits per heavy atom. The Morgan fingerprint density at radius 2 is 1.92 bits per heavy atom. The molecule has 1 fully saturated rings. The molecule has 1 saturated heterocycles. The topological polar surface area (TPSA) is 111 Å². The molecule has 0 spiro atoms. The third-order valence-electron chi connectivity index (χ3n) is 5.68. The van der Waals surface area contributed by atoms with Crippen LogP contribution in [0.1, 0.15) is 35.3 Å². The van der Waals surface area contributed by atoms with Crippen LogP contribution in [0.5, 0.6) is 5.88 Å². The molecule has 1 aliphatic rings. The van der Waals surface area contributed by atoms with Crippen molar-refractivity contribution in [3.63, 3.8) is 0 Å². The number of hydrogen-bond donors (Lipinski definition) is 1. The lowest BCUT2D eigenvalue weighted by atomic mass is 10.1. The zero-order valence-corrected chi connectivity index (χ0v) is 19.8. The number of carbonyl (C=O) groups is 3. The highest BCUT2D eigenvalue weighted by Crippen LogP contribution is 2.22. The van der Waals surface area contributed by atoms with Crippen LogP contribution in [0.3, 0.4) is 0 Å². The van der Waals surface area contributed by atoms with Gasteiger partial charge in [0.1, 0.15) is 30.6 Å². The van der Waals surface area contributed by atoms with Crippen LogP contribution in [0, 0.1) is 18.6 Å². The summed E-state index contributed by atoms with van der Waals surface area (Å²) in [6.07, 6.45) is 1.00. The van der Waals surface area contributed by atoms with Gasteiger partial charge in [-0.3, -0.25) is 28.6 Å². The normalized spacial score (nSPS) is 14.9. The Hall–Kier alpha value is -4.12. The SMILES string of the molecule is C.Cc1ccc(C(=O)N[C@H]2CC(=O)N(C)C2=O)cc1-n1cnc(OCc2ccc(F)cc2F)c(Cl)c1=O. The molecule has 1 aromatic heterocycles. The van der Waals surface area contributed by atoms with Crippen LogP contribution in [0.25, 0.3) is 5.69 Å². The fraction of sp³-hybridized carbons (Fsp3) is 0.240. The van der Waals surface area contributed by atoms with Gasteiger partial charge in [-0.1, -0.05) is 25.1 Å². The summed E-state index contributed by atoms with van der Waals surface area (Å²) in [7, 11) is 1.34. The van der Waals surface area contributed by atoms with E-state index in [1.54, 1.807) is 13.0 Å². The molecule has 0 aliphatic carbocycles. The first kappa shape index (κ1) is 27.5. The molecule has 2 aromatic carbocycles. The Balaban J connectivity index is 0.00000380. The highest BCUT2D eigenvalue weighted by atomic mass is 35.5. The van der Waals surface area contributed by atoms with Gasteiger partial charge in [0.05, 0.1) is 12.1 Å². The number of rotatable bonds is 6. The van der Waals surface area contributed by atoms with Crippen LogP contribution in [-0.4, -0.2) is 45.3 Å². The van der Waals surface area contributed by atoms with E-state index in [2.05, 4.69) is 10.3 Å². The van der Waals surface area contributed by atoms with Gasteiger partial charge < -0.3 is 10.1 Å². The van der Waals surface area contributed by atoms with E-state index in [1.165, 1.54) is 25.2 Å². The molecular weight excluding hydrogens is 510 g/mol. The van der Waals surface area contributed by atoms with Gasteiger partial charge in [-0.05, 0) is 36.8 Å². The molecule has 1 N–H and O–H groups in total. The first-order chi connectivity index (χ1) is 17.1. The van der Waals surface area contributed by atoms with Gasteiger partial charge in [0.25, 0.3) is 17.4 Å². The maximum Gasteiger partial charge on any atom is 0.280 e. The van der Waals surface area contributed by atoms with E-state index in [-0.39, 0.29) is 42.5 Å². The minimum atomic E-state index is -0.971. The molecule has 37 heavy (non-hydrogen) atoms. The number of amides is 3. The number of likely N-dealkylation sites (N-methyl/N-ethyl adjacent to an activating group) is 1. The van der Waals surface area contributed by atoms with Gasteiger partial charge >= 0.3 is 0 Å². The second-order valence-electron chi connectivity index (χ2n) is 8.09. The van der Waals surface area contributed by atoms with Gasteiger partial charge in [-0.25, -0.2) is 13.8 Å². The monoisotopic (exact) mass is 532 g/mol. The smallest absolute Gasteiger partial charge is 0.280 e. The van der Waals surface area contributed by atoms with E-state index in [0.717, 1.165) is 21.9 Å². The van der Waals surface area contributed by atoms with Crippen molar-refractivity contribution in [2.75, 3.05) is 7.05 Å². The van der Waals surface area contributed by atoms with Crippen molar-refractivity contribution in [2.24, 2.45) is 0 Å². The van der Waals surface area contributed by atoms with E-state index >= 15 is 0 Å². The van der Waals surface area contributed by atoms with Crippen molar-refractivity contribution < 1.29 is 27.9 Å². The quantitative estimate of drug-likeness (QED) is 0.488. The van der Waals surface area contributed by atoms with E-state index in [0.29, 0.717) is 17.3 Å². The third-order valence-corrected chi connectivity index (χ3v) is 6.01. The summed E-state index contributed by atoms with van der Waals surface area (Å²) in [5.41, 5.74) is 0.381. The molecule has 0 saturated carbocycles. The Kier molecular flexibility index (Phi) is 8.07. The van der Waals surface area contributed by atoms with Crippen LogP contribution < -0.4 is 15.6 Å². The molecule has 12 heteroatoms. The molecule has 0 bridgehead atoms. The van der Waals surface area contributed by atoms with E-state index in [9.17, 15) is 28.0 Å². The second-order valence-corrected chi connectivity index (χ2v) is 8.46. The van der Waals surface area contributed by atoms with Crippen LogP contribution in [0.15, 0.2) is 47.5 Å². The second kappa shape index (κ2) is 10.9. The van der Waals surface area contributed by atoms with E-state index in [4.69, 9.17) is 16.3 Å². The van der Waals surface area contributed by atoms with Gasteiger partial charge in [0, 0.05) is 24.2 Å². The first-order valence-electron chi connectivity index (χ1n) is 10.6. The number of ether oxygens (including phenoxy) is 1. The lowest BCUT2D eigenvalue weighted by Crippen LogP contribution is -2.40. The summed E-state index contributed by atoms with van der Waals surface area (Å²) in [4.78, 5) is 54.4. The number of benzene rings is 2. The average molecular weight is 533 g/mol. The van der Waals surface area contributed by atoms with Crippen molar-refractivity contribution in [1.82, 2.24) is 19.8 Å². The summed E-state index contributed by atoms with van der Waals surface area (Å²) in [5.74, 6) is -3.32. The van der Waals surface area contributed by atoms with Crippen LogP contribution in [-0.2, 0) is 16.2 Å².